The number of carbonyl (C=O) groups is 2. The number of H-pyrrole nitrogens is 1. The Morgan fingerprint density at radius 3 is 2.88 bits per heavy atom. The van der Waals surface area contributed by atoms with E-state index >= 15 is 0 Å². The minimum atomic E-state index is -0.383. The summed E-state index contributed by atoms with van der Waals surface area (Å²) >= 11 is 0. The van der Waals surface area contributed by atoms with Crippen LogP contribution in [0.2, 0.25) is 0 Å². The normalized spacial score (nSPS) is 10.2. The van der Waals surface area contributed by atoms with E-state index in [1.165, 1.54) is 0 Å². The molecule has 7 nitrogen and oxygen atoms in total. The summed E-state index contributed by atoms with van der Waals surface area (Å²) in [6, 6.07) is 14.1. The van der Waals surface area contributed by atoms with Gasteiger partial charge < -0.3 is 15.6 Å². The van der Waals surface area contributed by atoms with Gasteiger partial charge in [0.2, 0.25) is 5.91 Å². The molecule has 0 saturated heterocycles. The molecule has 0 radical (unpaired) electrons. The van der Waals surface area contributed by atoms with Crippen molar-refractivity contribution < 1.29 is 9.59 Å². The molecule has 0 fully saturated rings. The largest absolute Gasteiger partial charge is 0.348 e. The zero-order chi connectivity index (χ0) is 17.6. The van der Waals surface area contributed by atoms with Crippen LogP contribution < -0.4 is 10.6 Å². The predicted octanol–water partition coefficient (Wildman–Crippen LogP) is 2.35. The maximum atomic E-state index is 12.3. The molecule has 1 heterocycles. The van der Waals surface area contributed by atoms with Gasteiger partial charge in [0.05, 0.1) is 23.4 Å². The van der Waals surface area contributed by atoms with Crippen LogP contribution in [0.25, 0.3) is 11.0 Å². The summed E-state index contributed by atoms with van der Waals surface area (Å²) in [6.07, 6.45) is 1.36. The molecule has 2 amide bonds. The van der Waals surface area contributed by atoms with Crippen molar-refractivity contribution in [3.63, 3.8) is 0 Å². The first-order chi connectivity index (χ1) is 12.2. The first-order valence-electron chi connectivity index (χ1n) is 7.63. The van der Waals surface area contributed by atoms with Crippen molar-refractivity contribution in [2.75, 3.05) is 5.32 Å². The highest BCUT2D eigenvalue weighted by Crippen LogP contribution is 2.16. The number of carbonyl (C=O) groups excluding carboxylic acids is 2. The Bertz CT molecular complexity index is 971. The second-order valence-electron chi connectivity index (χ2n) is 5.36. The number of hydrogen-bond acceptors (Lipinski definition) is 4. The predicted molar refractivity (Wildman–Crippen MR) is 92.6 cm³/mol. The number of benzene rings is 2. The van der Waals surface area contributed by atoms with E-state index in [4.69, 9.17) is 5.26 Å². The molecule has 0 unspecified atom stereocenters. The van der Waals surface area contributed by atoms with Crippen LogP contribution in [0.15, 0.2) is 48.8 Å². The highest BCUT2D eigenvalue weighted by Gasteiger charge is 2.10. The third-order valence-electron chi connectivity index (χ3n) is 3.65. The molecule has 3 N–H and O–H groups in total. The SMILES string of the molecule is N#CCC(=O)Nc1ccccc1CNC(=O)c1ccc2nc[nH]c2c1. The molecule has 0 bridgehead atoms. The summed E-state index contributed by atoms with van der Waals surface area (Å²) in [4.78, 5) is 31.0. The second-order valence-corrected chi connectivity index (χ2v) is 5.36. The van der Waals surface area contributed by atoms with E-state index < -0.39 is 0 Å². The fraction of sp³-hybridized carbons (Fsp3) is 0.111. The number of nitriles is 1. The highest BCUT2D eigenvalue weighted by molar-refractivity contribution is 5.97. The summed E-state index contributed by atoms with van der Waals surface area (Å²) < 4.78 is 0. The van der Waals surface area contributed by atoms with E-state index in [9.17, 15) is 9.59 Å². The van der Waals surface area contributed by atoms with Gasteiger partial charge in [0.15, 0.2) is 0 Å². The van der Waals surface area contributed by atoms with E-state index in [0.29, 0.717) is 11.3 Å². The monoisotopic (exact) mass is 333 g/mol. The summed E-state index contributed by atoms with van der Waals surface area (Å²) in [6.45, 7) is 0.253. The van der Waals surface area contributed by atoms with E-state index in [1.807, 2.05) is 6.07 Å². The number of rotatable bonds is 5. The van der Waals surface area contributed by atoms with E-state index in [2.05, 4.69) is 20.6 Å². The zero-order valence-corrected chi connectivity index (χ0v) is 13.2. The number of para-hydroxylation sites is 1. The lowest BCUT2D eigenvalue weighted by Gasteiger charge is -2.11. The average molecular weight is 333 g/mol. The Balaban J connectivity index is 1.69. The fourth-order valence-corrected chi connectivity index (χ4v) is 2.42. The van der Waals surface area contributed by atoms with Crippen molar-refractivity contribution in [1.82, 2.24) is 15.3 Å². The molecular formula is C18H15N5O2. The molecule has 0 aliphatic carbocycles. The van der Waals surface area contributed by atoms with Crippen molar-refractivity contribution in [3.8, 4) is 6.07 Å². The van der Waals surface area contributed by atoms with Crippen LogP contribution in [0, 0.1) is 11.3 Å². The quantitative estimate of drug-likeness (QED) is 0.665. The smallest absolute Gasteiger partial charge is 0.251 e. The Morgan fingerprint density at radius 2 is 2.04 bits per heavy atom. The standard InChI is InChI=1S/C18H15N5O2/c19-8-7-17(24)23-14-4-2-1-3-13(14)10-20-18(25)12-5-6-15-16(9-12)22-11-21-15/h1-6,9,11H,7,10H2,(H,20,25)(H,21,22)(H,23,24). The van der Waals surface area contributed by atoms with Crippen LogP contribution in [0.3, 0.4) is 0 Å². The van der Waals surface area contributed by atoms with Gasteiger partial charge in [-0.2, -0.15) is 5.26 Å². The maximum Gasteiger partial charge on any atom is 0.251 e. The van der Waals surface area contributed by atoms with Gasteiger partial charge in [0.1, 0.15) is 6.42 Å². The number of imidazole rings is 1. The summed E-state index contributed by atoms with van der Waals surface area (Å²) in [7, 11) is 0. The molecule has 2 aromatic carbocycles. The van der Waals surface area contributed by atoms with E-state index in [-0.39, 0.29) is 24.8 Å². The molecule has 124 valence electrons. The van der Waals surface area contributed by atoms with Crippen molar-refractivity contribution >= 4 is 28.5 Å². The topological polar surface area (TPSA) is 111 Å². The van der Waals surface area contributed by atoms with E-state index in [0.717, 1.165) is 16.6 Å². The first kappa shape index (κ1) is 16.2. The Morgan fingerprint density at radius 1 is 1.20 bits per heavy atom. The van der Waals surface area contributed by atoms with Crippen molar-refractivity contribution in [2.45, 2.75) is 13.0 Å². The molecule has 0 aliphatic heterocycles. The average Bonchev–Trinajstić information content (AvgIpc) is 3.08. The van der Waals surface area contributed by atoms with Crippen LogP contribution in [0.4, 0.5) is 5.69 Å². The summed E-state index contributed by atoms with van der Waals surface area (Å²) in [5, 5.41) is 14.1. The fourth-order valence-electron chi connectivity index (χ4n) is 2.42. The molecule has 7 heteroatoms. The summed E-state index contributed by atoms with van der Waals surface area (Å²) in [5.41, 5.74) is 3.43. The van der Waals surface area contributed by atoms with Crippen molar-refractivity contribution in [1.29, 1.82) is 5.26 Å². The van der Waals surface area contributed by atoms with Crippen LogP contribution in [0.5, 0.6) is 0 Å². The molecule has 0 saturated carbocycles. The third kappa shape index (κ3) is 3.82. The summed E-state index contributed by atoms with van der Waals surface area (Å²) in [5.74, 6) is -0.611. The van der Waals surface area contributed by atoms with Crippen molar-refractivity contribution in [3.05, 3.63) is 59.9 Å². The molecule has 1 aromatic heterocycles. The van der Waals surface area contributed by atoms with Gasteiger partial charge in [-0.25, -0.2) is 4.98 Å². The number of hydrogen-bond donors (Lipinski definition) is 3. The number of anilines is 1. The molecule has 0 spiro atoms. The van der Waals surface area contributed by atoms with Gasteiger partial charge in [-0.1, -0.05) is 18.2 Å². The number of nitrogens with zero attached hydrogens (tertiary/aromatic N) is 2. The van der Waals surface area contributed by atoms with Gasteiger partial charge in [-0.05, 0) is 29.8 Å². The lowest BCUT2D eigenvalue weighted by molar-refractivity contribution is -0.115. The number of aromatic nitrogens is 2. The highest BCUT2D eigenvalue weighted by atomic mass is 16.2. The molecule has 3 rings (SSSR count). The van der Waals surface area contributed by atoms with Gasteiger partial charge in [0, 0.05) is 17.8 Å². The van der Waals surface area contributed by atoms with Crippen LogP contribution in [-0.4, -0.2) is 21.8 Å². The first-order valence-corrected chi connectivity index (χ1v) is 7.63. The Kier molecular flexibility index (Phi) is 4.72. The number of nitrogens with one attached hydrogen (secondary N) is 3. The third-order valence-corrected chi connectivity index (χ3v) is 3.65. The van der Waals surface area contributed by atoms with Crippen molar-refractivity contribution in [2.24, 2.45) is 0 Å². The van der Waals surface area contributed by atoms with Crippen LogP contribution >= 0.6 is 0 Å². The van der Waals surface area contributed by atoms with Gasteiger partial charge in [-0.15, -0.1) is 0 Å². The molecule has 25 heavy (non-hydrogen) atoms. The lowest BCUT2D eigenvalue weighted by atomic mass is 10.1. The number of fused-ring (bicyclic) bond motifs is 1. The molecule has 3 aromatic rings. The zero-order valence-electron chi connectivity index (χ0n) is 13.2. The minimum absolute atomic E-state index is 0.217. The number of amides is 2. The van der Waals surface area contributed by atoms with Gasteiger partial charge >= 0.3 is 0 Å². The second kappa shape index (κ2) is 7.27. The van der Waals surface area contributed by atoms with Crippen LogP contribution in [0.1, 0.15) is 22.3 Å². The lowest BCUT2D eigenvalue weighted by Crippen LogP contribution is -2.23. The number of aromatic amines is 1. The molecule has 0 atom stereocenters. The van der Waals surface area contributed by atoms with Gasteiger partial charge in [0.25, 0.3) is 5.91 Å². The minimum Gasteiger partial charge on any atom is -0.348 e. The maximum absolute atomic E-state index is 12.3. The van der Waals surface area contributed by atoms with Gasteiger partial charge in [-0.3, -0.25) is 9.59 Å². The Labute approximate surface area is 143 Å². The molecular weight excluding hydrogens is 318 g/mol. The van der Waals surface area contributed by atoms with E-state index in [1.54, 1.807) is 48.8 Å². The molecule has 0 aliphatic rings. The van der Waals surface area contributed by atoms with Crippen LogP contribution in [-0.2, 0) is 11.3 Å². The Hall–Kier alpha value is -3.66.